The zero-order valence-corrected chi connectivity index (χ0v) is 14.5. The van der Waals surface area contributed by atoms with E-state index in [2.05, 4.69) is 5.32 Å². The van der Waals surface area contributed by atoms with Crippen molar-refractivity contribution in [2.24, 2.45) is 5.73 Å². The molecule has 0 aromatic heterocycles. The van der Waals surface area contributed by atoms with Crippen molar-refractivity contribution in [2.45, 2.75) is 45.2 Å². The average Bonchev–Trinajstić information content (AvgIpc) is 3.01. The number of nitrogens with two attached hydrogens (primary N) is 1. The zero-order valence-electron chi connectivity index (χ0n) is 14.5. The standard InChI is InChI=1S/C16H30N4O3/c1-4-23-16(22)12-19(10-8-17)13(2)5-6-15(21)20-9-7-14(11-20)18-3/h8,10,13-14,18H,4-7,9,11-12,17H2,1-3H3/b10-8-. The summed E-state index contributed by atoms with van der Waals surface area (Å²) in [6, 6.07) is 0.433. The molecule has 1 fully saturated rings. The highest BCUT2D eigenvalue weighted by Crippen LogP contribution is 2.14. The highest BCUT2D eigenvalue weighted by Gasteiger charge is 2.25. The van der Waals surface area contributed by atoms with E-state index in [1.807, 2.05) is 23.8 Å². The second-order valence-electron chi connectivity index (χ2n) is 5.82. The average molecular weight is 326 g/mol. The molecule has 0 spiro atoms. The van der Waals surface area contributed by atoms with Gasteiger partial charge < -0.3 is 25.6 Å². The van der Waals surface area contributed by atoms with Crippen LogP contribution >= 0.6 is 0 Å². The summed E-state index contributed by atoms with van der Waals surface area (Å²) in [7, 11) is 1.92. The third kappa shape index (κ3) is 6.48. The summed E-state index contributed by atoms with van der Waals surface area (Å²) in [5, 5.41) is 3.21. The monoisotopic (exact) mass is 326 g/mol. The molecule has 1 saturated heterocycles. The molecule has 7 heteroatoms. The Hall–Kier alpha value is -1.76. The van der Waals surface area contributed by atoms with Gasteiger partial charge in [0, 0.05) is 44.0 Å². The van der Waals surface area contributed by atoms with Crippen molar-refractivity contribution in [3.63, 3.8) is 0 Å². The first kappa shape index (κ1) is 19.3. The fraction of sp³-hybridized carbons (Fsp3) is 0.750. The third-order valence-corrected chi connectivity index (χ3v) is 4.19. The number of esters is 1. The molecule has 0 saturated carbocycles. The predicted octanol–water partition coefficient (Wildman–Crippen LogP) is 0.270. The first-order valence-electron chi connectivity index (χ1n) is 8.26. The van der Waals surface area contributed by atoms with Gasteiger partial charge in [-0.1, -0.05) is 0 Å². The molecule has 1 heterocycles. The van der Waals surface area contributed by atoms with Crippen LogP contribution in [0.4, 0.5) is 0 Å². The molecular weight excluding hydrogens is 296 g/mol. The van der Waals surface area contributed by atoms with Crippen molar-refractivity contribution in [3.8, 4) is 0 Å². The van der Waals surface area contributed by atoms with Gasteiger partial charge in [0.1, 0.15) is 6.54 Å². The van der Waals surface area contributed by atoms with Gasteiger partial charge in [-0.3, -0.25) is 9.59 Å². The topological polar surface area (TPSA) is 87.9 Å². The zero-order chi connectivity index (χ0) is 17.2. The van der Waals surface area contributed by atoms with E-state index in [0.29, 0.717) is 25.5 Å². The van der Waals surface area contributed by atoms with Crippen LogP contribution in [0.2, 0.25) is 0 Å². The Morgan fingerprint density at radius 3 is 2.83 bits per heavy atom. The van der Waals surface area contributed by atoms with Crippen LogP contribution in [0.25, 0.3) is 0 Å². The largest absolute Gasteiger partial charge is 0.465 e. The number of nitrogens with zero attached hydrogens (tertiary/aromatic N) is 2. The van der Waals surface area contributed by atoms with E-state index in [1.165, 1.54) is 6.20 Å². The van der Waals surface area contributed by atoms with E-state index in [9.17, 15) is 9.59 Å². The molecule has 0 bridgehead atoms. The van der Waals surface area contributed by atoms with Crippen LogP contribution in [0.15, 0.2) is 12.4 Å². The smallest absolute Gasteiger partial charge is 0.325 e. The maximum atomic E-state index is 12.3. The van der Waals surface area contributed by atoms with Gasteiger partial charge in [-0.25, -0.2) is 0 Å². The van der Waals surface area contributed by atoms with Crippen molar-refractivity contribution in [1.29, 1.82) is 0 Å². The summed E-state index contributed by atoms with van der Waals surface area (Å²) in [6.45, 7) is 5.84. The maximum Gasteiger partial charge on any atom is 0.325 e. The van der Waals surface area contributed by atoms with Gasteiger partial charge in [0.15, 0.2) is 0 Å². The van der Waals surface area contributed by atoms with Crippen molar-refractivity contribution in [3.05, 3.63) is 12.4 Å². The van der Waals surface area contributed by atoms with Crippen molar-refractivity contribution in [2.75, 3.05) is 33.3 Å². The van der Waals surface area contributed by atoms with E-state index in [-0.39, 0.29) is 24.5 Å². The normalized spacial score (nSPS) is 19.1. The van der Waals surface area contributed by atoms with Crippen LogP contribution in [-0.4, -0.2) is 67.0 Å². The Bertz CT molecular complexity index is 414. The van der Waals surface area contributed by atoms with E-state index in [0.717, 1.165) is 19.5 Å². The summed E-state index contributed by atoms with van der Waals surface area (Å²) in [6.07, 6.45) is 5.20. The molecule has 3 N–H and O–H groups in total. The van der Waals surface area contributed by atoms with Crippen molar-refractivity contribution >= 4 is 11.9 Å². The summed E-state index contributed by atoms with van der Waals surface area (Å²) < 4.78 is 4.96. The first-order chi connectivity index (χ1) is 11.0. The number of carbonyl (C=O) groups is 2. The minimum atomic E-state index is -0.291. The second-order valence-corrected chi connectivity index (χ2v) is 5.82. The molecule has 1 aliphatic rings. The fourth-order valence-corrected chi connectivity index (χ4v) is 2.70. The molecule has 1 rings (SSSR count). The molecule has 0 radical (unpaired) electrons. The molecule has 2 unspecified atom stereocenters. The number of hydrogen-bond acceptors (Lipinski definition) is 6. The minimum absolute atomic E-state index is 0.0332. The number of amides is 1. The summed E-state index contributed by atoms with van der Waals surface area (Å²) >= 11 is 0. The van der Waals surface area contributed by atoms with Gasteiger partial charge in [0.25, 0.3) is 0 Å². The lowest BCUT2D eigenvalue weighted by Crippen LogP contribution is -2.36. The second kappa shape index (κ2) is 10.1. The van der Waals surface area contributed by atoms with Gasteiger partial charge in [0.05, 0.1) is 6.61 Å². The van der Waals surface area contributed by atoms with E-state index in [1.54, 1.807) is 13.1 Å². The Balaban J connectivity index is 2.43. The highest BCUT2D eigenvalue weighted by molar-refractivity contribution is 5.76. The van der Waals surface area contributed by atoms with Gasteiger partial charge in [-0.05, 0) is 33.7 Å². The van der Waals surface area contributed by atoms with E-state index < -0.39 is 0 Å². The lowest BCUT2D eigenvalue weighted by molar-refractivity contribution is -0.144. The lowest BCUT2D eigenvalue weighted by Gasteiger charge is -2.27. The van der Waals surface area contributed by atoms with Gasteiger partial charge in [0.2, 0.25) is 5.91 Å². The minimum Gasteiger partial charge on any atom is -0.465 e. The van der Waals surface area contributed by atoms with Gasteiger partial charge in [-0.2, -0.15) is 0 Å². The van der Waals surface area contributed by atoms with Crippen LogP contribution in [-0.2, 0) is 14.3 Å². The van der Waals surface area contributed by atoms with Gasteiger partial charge >= 0.3 is 5.97 Å². The summed E-state index contributed by atoms with van der Waals surface area (Å²) in [5.74, 6) is -0.123. The number of ether oxygens (including phenoxy) is 1. The molecule has 0 aromatic carbocycles. The number of nitrogens with one attached hydrogen (secondary N) is 1. The molecule has 23 heavy (non-hydrogen) atoms. The number of likely N-dealkylation sites (N-methyl/N-ethyl adjacent to an activating group) is 1. The SMILES string of the molecule is CCOC(=O)CN(/C=C\N)C(C)CCC(=O)N1CCC(NC)C1. The highest BCUT2D eigenvalue weighted by atomic mass is 16.5. The molecule has 1 amide bonds. The number of carbonyl (C=O) groups excluding carboxylic acids is 2. The molecule has 1 aliphatic heterocycles. The molecular formula is C16H30N4O3. The molecule has 132 valence electrons. The fourth-order valence-electron chi connectivity index (χ4n) is 2.70. The predicted molar refractivity (Wildman–Crippen MR) is 89.4 cm³/mol. The quantitative estimate of drug-likeness (QED) is 0.591. The molecule has 7 nitrogen and oxygen atoms in total. The Kier molecular flexibility index (Phi) is 8.47. The van der Waals surface area contributed by atoms with Crippen LogP contribution in [0.5, 0.6) is 0 Å². The van der Waals surface area contributed by atoms with Crippen LogP contribution in [0, 0.1) is 0 Å². The number of hydrogen-bond donors (Lipinski definition) is 2. The number of likely N-dealkylation sites (tertiary alicyclic amines) is 1. The van der Waals surface area contributed by atoms with Crippen LogP contribution in [0.3, 0.4) is 0 Å². The molecule has 2 atom stereocenters. The maximum absolute atomic E-state index is 12.3. The molecule has 0 aliphatic carbocycles. The van der Waals surface area contributed by atoms with Crippen molar-refractivity contribution in [1.82, 2.24) is 15.1 Å². The Morgan fingerprint density at radius 2 is 2.26 bits per heavy atom. The first-order valence-corrected chi connectivity index (χ1v) is 8.26. The third-order valence-electron chi connectivity index (χ3n) is 4.19. The Labute approximate surface area is 138 Å². The van der Waals surface area contributed by atoms with Gasteiger partial charge in [-0.15, -0.1) is 0 Å². The van der Waals surface area contributed by atoms with Crippen molar-refractivity contribution < 1.29 is 14.3 Å². The van der Waals surface area contributed by atoms with E-state index in [4.69, 9.17) is 10.5 Å². The van der Waals surface area contributed by atoms with E-state index >= 15 is 0 Å². The number of rotatable bonds is 9. The van der Waals surface area contributed by atoms with Crippen LogP contribution < -0.4 is 11.1 Å². The lowest BCUT2D eigenvalue weighted by atomic mass is 10.1. The van der Waals surface area contributed by atoms with Crippen LogP contribution in [0.1, 0.15) is 33.1 Å². The molecule has 0 aromatic rings. The Morgan fingerprint density at radius 1 is 1.52 bits per heavy atom. The summed E-state index contributed by atoms with van der Waals surface area (Å²) in [4.78, 5) is 27.6. The summed E-state index contributed by atoms with van der Waals surface area (Å²) in [5.41, 5.74) is 5.45.